The van der Waals surface area contributed by atoms with E-state index >= 15 is 0 Å². The highest BCUT2D eigenvalue weighted by atomic mass is 16.2. The average molecular weight is 475 g/mol. The maximum Gasteiger partial charge on any atom is 0.224 e. The summed E-state index contributed by atoms with van der Waals surface area (Å²) in [5, 5.41) is 4.44. The summed E-state index contributed by atoms with van der Waals surface area (Å²) in [6.45, 7) is 1.32. The smallest absolute Gasteiger partial charge is 0.224 e. The van der Waals surface area contributed by atoms with Crippen molar-refractivity contribution in [1.82, 2.24) is 9.80 Å². The molecule has 1 amide bonds. The highest BCUT2D eigenvalue weighted by molar-refractivity contribution is 6.16. The Morgan fingerprint density at radius 1 is 0.750 bits per heavy atom. The lowest BCUT2D eigenvalue weighted by molar-refractivity contribution is -0.131. The molecule has 0 spiro atoms. The molecule has 180 valence electrons. The average Bonchev–Trinajstić information content (AvgIpc) is 2.89. The van der Waals surface area contributed by atoms with Gasteiger partial charge in [-0.05, 0) is 58.9 Å². The van der Waals surface area contributed by atoms with E-state index < -0.39 is 0 Å². The number of piperidine rings is 1. The van der Waals surface area contributed by atoms with Crippen LogP contribution in [0.3, 0.4) is 0 Å². The van der Waals surface area contributed by atoms with E-state index in [9.17, 15) is 9.59 Å². The minimum absolute atomic E-state index is 0.00697. The van der Waals surface area contributed by atoms with Gasteiger partial charge in [-0.15, -0.1) is 0 Å². The Balaban J connectivity index is 1.58. The Morgan fingerprint density at radius 2 is 1.22 bits per heavy atom. The van der Waals surface area contributed by atoms with Crippen molar-refractivity contribution in [3.05, 3.63) is 107 Å². The van der Waals surface area contributed by atoms with Crippen LogP contribution in [0.4, 0.5) is 0 Å². The zero-order valence-electron chi connectivity index (χ0n) is 20.8. The van der Waals surface area contributed by atoms with Crippen LogP contribution < -0.4 is 0 Å². The van der Waals surface area contributed by atoms with Crippen molar-refractivity contribution in [2.24, 2.45) is 0 Å². The molecule has 36 heavy (non-hydrogen) atoms. The van der Waals surface area contributed by atoms with Crippen molar-refractivity contribution < 1.29 is 9.59 Å². The van der Waals surface area contributed by atoms with Gasteiger partial charge >= 0.3 is 0 Å². The second kappa shape index (κ2) is 10.3. The molecule has 4 heteroatoms. The molecule has 1 aliphatic rings. The second-order valence-electron chi connectivity index (χ2n) is 9.61. The molecule has 0 atom stereocenters. The fourth-order valence-electron chi connectivity index (χ4n) is 4.82. The van der Waals surface area contributed by atoms with Gasteiger partial charge in [0.15, 0.2) is 5.78 Å². The molecule has 1 saturated heterocycles. The number of ketones is 1. The van der Waals surface area contributed by atoms with Crippen LogP contribution in [-0.4, -0.2) is 55.2 Å². The van der Waals surface area contributed by atoms with E-state index in [1.807, 2.05) is 84.6 Å². The van der Waals surface area contributed by atoms with Gasteiger partial charge in [-0.3, -0.25) is 9.59 Å². The van der Waals surface area contributed by atoms with Gasteiger partial charge in [0.1, 0.15) is 0 Å². The lowest BCUT2D eigenvalue weighted by Gasteiger charge is -2.30. The third kappa shape index (κ3) is 5.00. The van der Waals surface area contributed by atoms with Crippen LogP contribution in [-0.2, 0) is 9.59 Å². The molecule has 1 fully saturated rings. The predicted octanol–water partition coefficient (Wildman–Crippen LogP) is 5.82. The molecule has 0 aliphatic carbocycles. The summed E-state index contributed by atoms with van der Waals surface area (Å²) >= 11 is 0. The van der Waals surface area contributed by atoms with Crippen LogP contribution in [0.15, 0.2) is 96.1 Å². The molecule has 5 rings (SSSR count). The quantitative estimate of drug-likeness (QED) is 0.342. The first kappa shape index (κ1) is 23.7. The lowest BCUT2D eigenvalue weighted by atomic mass is 9.92. The molecule has 0 N–H and O–H groups in total. The molecule has 0 bridgehead atoms. The van der Waals surface area contributed by atoms with E-state index in [4.69, 9.17) is 0 Å². The Labute approximate surface area is 212 Å². The number of Topliss-reactive ketones (excluding diaryl/α,β-unsaturated/α-hetero) is 1. The van der Waals surface area contributed by atoms with Crippen molar-refractivity contribution in [2.45, 2.75) is 6.42 Å². The standard InChI is InChI=1S/C32H30N2O2/c1-33(2)18-17-31(35)34-21-27(19-25-13-7-11-23-9-3-5-15-29(23)25)32(36)28(22-34)20-26-14-8-12-24-10-4-6-16-30(24)26/h3-16,19-20H,17-18,21-22H2,1-2H3/b27-19+,28-20+. The number of benzene rings is 4. The van der Waals surface area contributed by atoms with E-state index in [0.717, 1.165) is 32.7 Å². The minimum Gasteiger partial charge on any atom is -0.334 e. The fraction of sp³-hybridized carbons (Fsp3) is 0.188. The second-order valence-corrected chi connectivity index (χ2v) is 9.61. The van der Waals surface area contributed by atoms with Gasteiger partial charge in [-0.1, -0.05) is 84.9 Å². The minimum atomic E-state index is 0.00697. The third-order valence-electron chi connectivity index (χ3n) is 6.74. The SMILES string of the molecule is CN(C)CCC(=O)N1C/C(=C\c2cccc3ccccc23)C(=O)/C(=C/c2cccc3ccccc23)C1. The summed E-state index contributed by atoms with van der Waals surface area (Å²) in [5.74, 6) is 0.0661. The van der Waals surface area contributed by atoms with E-state index in [1.54, 1.807) is 0 Å². The maximum atomic E-state index is 13.8. The van der Waals surface area contributed by atoms with Gasteiger partial charge in [0, 0.05) is 37.2 Å². The first-order valence-corrected chi connectivity index (χ1v) is 12.3. The van der Waals surface area contributed by atoms with Gasteiger partial charge in [0.25, 0.3) is 0 Å². The van der Waals surface area contributed by atoms with Gasteiger partial charge in [0.05, 0.1) is 0 Å². The molecule has 4 aromatic carbocycles. The zero-order chi connectivity index (χ0) is 25.1. The molecule has 0 aromatic heterocycles. The molecule has 1 aliphatic heterocycles. The molecule has 0 radical (unpaired) electrons. The summed E-state index contributed by atoms with van der Waals surface area (Å²) in [6.07, 6.45) is 4.35. The largest absolute Gasteiger partial charge is 0.334 e. The van der Waals surface area contributed by atoms with Crippen molar-refractivity contribution >= 4 is 45.4 Å². The Kier molecular flexibility index (Phi) is 6.79. The van der Waals surface area contributed by atoms with Crippen molar-refractivity contribution in [3.8, 4) is 0 Å². The zero-order valence-corrected chi connectivity index (χ0v) is 20.8. The van der Waals surface area contributed by atoms with Crippen molar-refractivity contribution in [3.63, 3.8) is 0 Å². The molecule has 4 aromatic rings. The number of hydrogen-bond donors (Lipinski definition) is 0. The van der Waals surface area contributed by atoms with Crippen molar-refractivity contribution in [2.75, 3.05) is 33.7 Å². The van der Waals surface area contributed by atoms with Gasteiger partial charge < -0.3 is 9.80 Å². The van der Waals surface area contributed by atoms with E-state index in [-0.39, 0.29) is 11.7 Å². The Morgan fingerprint density at radius 3 is 1.72 bits per heavy atom. The molecule has 4 nitrogen and oxygen atoms in total. The number of nitrogens with zero attached hydrogens (tertiary/aromatic N) is 2. The monoisotopic (exact) mass is 474 g/mol. The van der Waals surface area contributed by atoms with E-state index in [1.165, 1.54) is 0 Å². The number of fused-ring (bicyclic) bond motifs is 2. The number of rotatable bonds is 5. The fourth-order valence-corrected chi connectivity index (χ4v) is 4.82. The van der Waals surface area contributed by atoms with E-state index in [2.05, 4.69) is 36.4 Å². The predicted molar refractivity (Wildman–Crippen MR) is 149 cm³/mol. The third-order valence-corrected chi connectivity index (χ3v) is 6.74. The van der Waals surface area contributed by atoms with Crippen LogP contribution >= 0.6 is 0 Å². The number of carbonyl (C=O) groups is 2. The highest BCUT2D eigenvalue weighted by Gasteiger charge is 2.29. The van der Waals surface area contributed by atoms with Gasteiger partial charge in [-0.2, -0.15) is 0 Å². The number of hydrogen-bond acceptors (Lipinski definition) is 3. The van der Waals surface area contributed by atoms with Crippen LogP contribution in [0, 0.1) is 0 Å². The molecular weight excluding hydrogens is 444 g/mol. The van der Waals surface area contributed by atoms with E-state index in [0.29, 0.717) is 37.2 Å². The van der Waals surface area contributed by atoms with Gasteiger partial charge in [0.2, 0.25) is 5.91 Å². The Bertz CT molecular complexity index is 1400. The summed E-state index contributed by atoms with van der Waals surface area (Å²) in [6, 6.07) is 28.6. The van der Waals surface area contributed by atoms with Crippen LogP contribution in [0.5, 0.6) is 0 Å². The summed E-state index contributed by atoms with van der Waals surface area (Å²) < 4.78 is 0. The van der Waals surface area contributed by atoms with Crippen LogP contribution in [0.1, 0.15) is 17.5 Å². The van der Waals surface area contributed by atoms with Crippen LogP contribution in [0.2, 0.25) is 0 Å². The molecule has 0 saturated carbocycles. The molecular formula is C32H30N2O2. The molecule has 0 unspecified atom stereocenters. The summed E-state index contributed by atoms with van der Waals surface area (Å²) in [5.41, 5.74) is 3.26. The summed E-state index contributed by atoms with van der Waals surface area (Å²) in [7, 11) is 3.93. The van der Waals surface area contributed by atoms with Crippen molar-refractivity contribution in [1.29, 1.82) is 0 Å². The molecule has 1 heterocycles. The Hall–Kier alpha value is -4.02. The highest BCUT2D eigenvalue weighted by Crippen LogP contribution is 2.28. The number of amides is 1. The maximum absolute atomic E-state index is 13.8. The van der Waals surface area contributed by atoms with Gasteiger partial charge in [-0.25, -0.2) is 0 Å². The topological polar surface area (TPSA) is 40.6 Å². The first-order chi connectivity index (χ1) is 17.5. The van der Waals surface area contributed by atoms with Crippen LogP contribution in [0.25, 0.3) is 33.7 Å². The number of likely N-dealkylation sites (tertiary alicyclic amines) is 1. The normalized spacial score (nSPS) is 16.5. The summed E-state index contributed by atoms with van der Waals surface area (Å²) in [4.78, 5) is 30.7. The number of carbonyl (C=O) groups excluding carboxylic acids is 2. The first-order valence-electron chi connectivity index (χ1n) is 12.3. The lowest BCUT2D eigenvalue weighted by Crippen LogP contribution is -2.42.